The summed E-state index contributed by atoms with van der Waals surface area (Å²) in [5.41, 5.74) is 3.71. The number of aromatic nitrogens is 2. The zero-order valence-corrected chi connectivity index (χ0v) is 16.2. The highest BCUT2D eigenvalue weighted by Gasteiger charge is 2.12. The second kappa shape index (κ2) is 7.78. The maximum Gasteiger partial charge on any atom is 0.224 e. The molecule has 0 radical (unpaired) electrons. The standard InChI is InChI=1S/C22H19N3O2S/c1-25-18-6-3-2-5-17(18)24-22(25)15-8-10-16(11-9-15)23-21(27)13-12-19(26)20-7-4-14-28-20/h2-11,14H,12-13H2,1H3,(H,23,27). The first kappa shape index (κ1) is 18.1. The van der Waals surface area contributed by atoms with Crippen molar-refractivity contribution in [3.05, 3.63) is 70.9 Å². The third-order valence-corrected chi connectivity index (χ3v) is 5.50. The Morgan fingerprint density at radius 3 is 2.50 bits per heavy atom. The van der Waals surface area contributed by atoms with Gasteiger partial charge in [0, 0.05) is 31.1 Å². The van der Waals surface area contributed by atoms with Gasteiger partial charge in [-0.25, -0.2) is 4.98 Å². The highest BCUT2D eigenvalue weighted by atomic mass is 32.1. The van der Waals surface area contributed by atoms with Gasteiger partial charge in [0.05, 0.1) is 15.9 Å². The molecule has 0 spiro atoms. The van der Waals surface area contributed by atoms with Crippen molar-refractivity contribution in [2.75, 3.05) is 5.32 Å². The van der Waals surface area contributed by atoms with Crippen molar-refractivity contribution >= 4 is 39.7 Å². The highest BCUT2D eigenvalue weighted by Crippen LogP contribution is 2.24. The fourth-order valence-corrected chi connectivity index (χ4v) is 3.81. The van der Waals surface area contributed by atoms with Crippen molar-refractivity contribution in [3.8, 4) is 11.4 Å². The Morgan fingerprint density at radius 1 is 1.00 bits per heavy atom. The number of aryl methyl sites for hydroxylation is 1. The molecule has 1 amide bonds. The Balaban J connectivity index is 1.41. The van der Waals surface area contributed by atoms with Crippen molar-refractivity contribution in [2.45, 2.75) is 12.8 Å². The molecule has 6 heteroatoms. The molecular formula is C22H19N3O2S. The van der Waals surface area contributed by atoms with Gasteiger partial charge < -0.3 is 9.88 Å². The molecule has 5 nitrogen and oxygen atoms in total. The smallest absolute Gasteiger partial charge is 0.224 e. The number of hydrogen-bond donors (Lipinski definition) is 1. The lowest BCUT2D eigenvalue weighted by Gasteiger charge is -2.07. The van der Waals surface area contributed by atoms with Crippen LogP contribution >= 0.6 is 11.3 Å². The summed E-state index contributed by atoms with van der Waals surface area (Å²) in [6, 6.07) is 19.2. The van der Waals surface area contributed by atoms with Gasteiger partial charge in [-0.05, 0) is 47.8 Å². The molecule has 2 aromatic carbocycles. The summed E-state index contributed by atoms with van der Waals surface area (Å²) in [4.78, 5) is 29.5. The summed E-state index contributed by atoms with van der Waals surface area (Å²) in [6.07, 6.45) is 0.382. The number of hydrogen-bond acceptors (Lipinski definition) is 4. The van der Waals surface area contributed by atoms with E-state index in [9.17, 15) is 9.59 Å². The Morgan fingerprint density at radius 2 is 1.79 bits per heavy atom. The molecule has 2 heterocycles. The minimum Gasteiger partial charge on any atom is -0.327 e. The van der Waals surface area contributed by atoms with Crippen LogP contribution in [0.4, 0.5) is 5.69 Å². The second-order valence-corrected chi connectivity index (χ2v) is 7.46. The lowest BCUT2D eigenvalue weighted by molar-refractivity contribution is -0.116. The Bertz CT molecular complexity index is 1130. The molecule has 0 unspecified atom stereocenters. The Labute approximate surface area is 166 Å². The number of Topliss-reactive ketones (excluding diaryl/α,β-unsaturated/α-hetero) is 1. The number of thiophene rings is 1. The SMILES string of the molecule is Cn1c(-c2ccc(NC(=O)CCC(=O)c3cccs3)cc2)nc2ccccc21. The van der Waals surface area contributed by atoms with Gasteiger partial charge in [0.25, 0.3) is 0 Å². The molecule has 2 aromatic heterocycles. The number of ketones is 1. The lowest BCUT2D eigenvalue weighted by atomic mass is 10.1. The molecule has 4 rings (SSSR count). The second-order valence-electron chi connectivity index (χ2n) is 6.51. The molecule has 0 aliphatic rings. The monoisotopic (exact) mass is 389 g/mol. The van der Waals surface area contributed by atoms with E-state index in [0.29, 0.717) is 10.6 Å². The van der Waals surface area contributed by atoms with Gasteiger partial charge in [-0.3, -0.25) is 9.59 Å². The maximum absolute atomic E-state index is 12.1. The topological polar surface area (TPSA) is 64.0 Å². The molecule has 0 saturated heterocycles. The van der Waals surface area contributed by atoms with Crippen LogP contribution in [0.5, 0.6) is 0 Å². The third-order valence-electron chi connectivity index (χ3n) is 4.59. The fraction of sp³-hybridized carbons (Fsp3) is 0.136. The minimum atomic E-state index is -0.166. The van der Waals surface area contributed by atoms with Crippen LogP contribution in [0.2, 0.25) is 0 Å². The number of imidazole rings is 1. The van der Waals surface area contributed by atoms with Crippen LogP contribution in [0.25, 0.3) is 22.4 Å². The van der Waals surface area contributed by atoms with E-state index in [1.165, 1.54) is 11.3 Å². The number of anilines is 1. The number of carbonyl (C=O) groups excluding carboxylic acids is 2. The molecule has 4 aromatic rings. The molecule has 1 N–H and O–H groups in total. The summed E-state index contributed by atoms with van der Waals surface area (Å²) >= 11 is 1.40. The van der Waals surface area contributed by atoms with Crippen molar-refractivity contribution in [1.29, 1.82) is 0 Å². The first-order valence-electron chi connectivity index (χ1n) is 9.00. The number of benzene rings is 2. The van der Waals surface area contributed by atoms with E-state index in [1.807, 2.05) is 67.0 Å². The van der Waals surface area contributed by atoms with Crippen LogP contribution in [0.1, 0.15) is 22.5 Å². The molecule has 0 atom stereocenters. The Kier molecular flexibility index (Phi) is 5.04. The molecule has 0 fully saturated rings. The normalized spacial score (nSPS) is 10.9. The van der Waals surface area contributed by atoms with Gasteiger partial charge in [0.1, 0.15) is 5.82 Å². The summed E-state index contributed by atoms with van der Waals surface area (Å²) in [5.74, 6) is 0.711. The minimum absolute atomic E-state index is 0.00217. The predicted octanol–water partition coefficient (Wildman–Crippen LogP) is 4.90. The van der Waals surface area contributed by atoms with Crippen molar-refractivity contribution in [2.24, 2.45) is 7.05 Å². The van der Waals surface area contributed by atoms with Gasteiger partial charge in [0.2, 0.25) is 5.91 Å². The van der Waals surface area contributed by atoms with Gasteiger partial charge in [0.15, 0.2) is 5.78 Å². The fourth-order valence-electron chi connectivity index (χ4n) is 3.12. The molecular weight excluding hydrogens is 370 g/mol. The van der Waals surface area contributed by atoms with E-state index in [4.69, 9.17) is 0 Å². The summed E-state index contributed by atoms with van der Waals surface area (Å²) < 4.78 is 2.05. The zero-order chi connectivity index (χ0) is 19.5. The molecule has 0 saturated carbocycles. The van der Waals surface area contributed by atoms with E-state index >= 15 is 0 Å². The largest absolute Gasteiger partial charge is 0.327 e. The third kappa shape index (κ3) is 3.73. The predicted molar refractivity (Wildman–Crippen MR) is 113 cm³/mol. The van der Waals surface area contributed by atoms with E-state index in [2.05, 4.69) is 14.9 Å². The number of amides is 1. The average Bonchev–Trinajstić information content (AvgIpc) is 3.36. The quantitative estimate of drug-likeness (QED) is 0.477. The summed E-state index contributed by atoms with van der Waals surface area (Å²) in [6.45, 7) is 0. The highest BCUT2D eigenvalue weighted by molar-refractivity contribution is 7.12. The maximum atomic E-state index is 12.1. The van der Waals surface area contributed by atoms with Crippen LogP contribution < -0.4 is 5.32 Å². The van der Waals surface area contributed by atoms with E-state index < -0.39 is 0 Å². The van der Waals surface area contributed by atoms with Crippen LogP contribution in [0, 0.1) is 0 Å². The number of carbonyl (C=O) groups is 2. The van der Waals surface area contributed by atoms with Crippen LogP contribution in [0.3, 0.4) is 0 Å². The van der Waals surface area contributed by atoms with Crippen molar-refractivity contribution in [1.82, 2.24) is 9.55 Å². The van der Waals surface area contributed by atoms with Gasteiger partial charge >= 0.3 is 0 Å². The number of para-hydroxylation sites is 2. The van der Waals surface area contributed by atoms with Gasteiger partial charge in [-0.15, -0.1) is 11.3 Å². The molecule has 0 bridgehead atoms. The van der Waals surface area contributed by atoms with E-state index in [0.717, 1.165) is 22.4 Å². The molecule has 28 heavy (non-hydrogen) atoms. The summed E-state index contributed by atoms with van der Waals surface area (Å²) in [5, 5.41) is 4.71. The van der Waals surface area contributed by atoms with Gasteiger partial charge in [-0.1, -0.05) is 18.2 Å². The van der Waals surface area contributed by atoms with Crippen LogP contribution in [-0.2, 0) is 11.8 Å². The lowest BCUT2D eigenvalue weighted by Crippen LogP contribution is -2.13. The first-order valence-corrected chi connectivity index (χ1v) is 9.88. The average molecular weight is 389 g/mol. The summed E-state index contributed by atoms with van der Waals surface area (Å²) in [7, 11) is 1.99. The Hall–Kier alpha value is -3.25. The molecule has 0 aliphatic heterocycles. The van der Waals surface area contributed by atoms with E-state index in [-0.39, 0.29) is 24.5 Å². The number of rotatable bonds is 6. The van der Waals surface area contributed by atoms with Crippen LogP contribution in [-0.4, -0.2) is 21.2 Å². The molecule has 140 valence electrons. The molecule has 0 aliphatic carbocycles. The van der Waals surface area contributed by atoms with Gasteiger partial charge in [-0.2, -0.15) is 0 Å². The van der Waals surface area contributed by atoms with Crippen molar-refractivity contribution < 1.29 is 9.59 Å². The first-order chi connectivity index (χ1) is 13.6. The number of fused-ring (bicyclic) bond motifs is 1. The number of nitrogens with one attached hydrogen (secondary N) is 1. The van der Waals surface area contributed by atoms with Crippen molar-refractivity contribution in [3.63, 3.8) is 0 Å². The van der Waals surface area contributed by atoms with E-state index in [1.54, 1.807) is 6.07 Å². The van der Waals surface area contributed by atoms with Crippen LogP contribution in [0.15, 0.2) is 66.0 Å². The number of nitrogens with zero attached hydrogens (tertiary/aromatic N) is 2. The zero-order valence-electron chi connectivity index (χ0n) is 15.4.